The minimum Gasteiger partial charge on any atom is -0.388 e. The Bertz CT molecular complexity index is 1040. The Morgan fingerprint density at radius 3 is 2.64 bits per heavy atom. The lowest BCUT2D eigenvalue weighted by molar-refractivity contribution is 0.628. The van der Waals surface area contributed by atoms with Crippen LogP contribution in [0.1, 0.15) is 0 Å². The van der Waals surface area contributed by atoms with Gasteiger partial charge < -0.3 is 15.6 Å². The first-order chi connectivity index (χ1) is 12.2. The number of hydrogen-bond acceptors (Lipinski definition) is 3. The summed E-state index contributed by atoms with van der Waals surface area (Å²) >= 11 is 0. The number of nitrogens with one attached hydrogen (secondary N) is 3. The summed E-state index contributed by atoms with van der Waals surface area (Å²) in [5.41, 5.74) is 4.57. The summed E-state index contributed by atoms with van der Waals surface area (Å²) in [6.07, 6.45) is 1.75. The summed E-state index contributed by atoms with van der Waals surface area (Å²) in [5, 5.41) is 7.43. The average molecular weight is 332 g/mol. The van der Waals surface area contributed by atoms with Crippen LogP contribution in [0.25, 0.3) is 22.2 Å². The third-order valence-electron chi connectivity index (χ3n) is 4.10. The van der Waals surface area contributed by atoms with Crippen LogP contribution in [0.2, 0.25) is 0 Å². The van der Waals surface area contributed by atoms with Gasteiger partial charge in [0, 0.05) is 41.3 Å². The van der Waals surface area contributed by atoms with Crippen LogP contribution in [0.15, 0.2) is 66.9 Å². The molecule has 3 N–H and O–H groups in total. The van der Waals surface area contributed by atoms with E-state index >= 15 is 0 Å². The number of fused-ring (bicyclic) bond motifs is 1. The molecule has 5 heteroatoms. The van der Waals surface area contributed by atoms with Crippen LogP contribution in [-0.4, -0.2) is 17.0 Å². The summed E-state index contributed by atoms with van der Waals surface area (Å²) in [5.74, 6) is 0.501. The molecule has 0 spiro atoms. The van der Waals surface area contributed by atoms with Gasteiger partial charge in [-0.3, -0.25) is 0 Å². The number of anilines is 3. The fraction of sp³-hybridized carbons (Fsp3) is 0.0500. The third kappa shape index (κ3) is 3.04. The minimum absolute atomic E-state index is 0.253. The molecule has 0 radical (unpaired) electrons. The van der Waals surface area contributed by atoms with Crippen molar-refractivity contribution >= 4 is 28.1 Å². The van der Waals surface area contributed by atoms with E-state index in [9.17, 15) is 4.39 Å². The fourth-order valence-corrected chi connectivity index (χ4v) is 2.85. The Hall–Kier alpha value is -3.34. The molecule has 0 aliphatic rings. The van der Waals surface area contributed by atoms with Crippen molar-refractivity contribution in [1.29, 1.82) is 0 Å². The van der Waals surface area contributed by atoms with Gasteiger partial charge in [0.15, 0.2) is 0 Å². The van der Waals surface area contributed by atoms with Gasteiger partial charge >= 0.3 is 0 Å². The lowest BCUT2D eigenvalue weighted by atomic mass is 10.1. The summed E-state index contributed by atoms with van der Waals surface area (Å²) < 4.78 is 13.5. The molecular weight excluding hydrogens is 315 g/mol. The standard InChI is InChI=1S/C20H17FN4/c1-22-15-6-3-7-16(11-15)24-20-17-12-19(25-18(17)8-9-23-20)13-4-2-5-14(21)10-13/h2-12,22,25H,1H3,(H,23,24). The van der Waals surface area contributed by atoms with Crippen molar-refractivity contribution in [3.63, 3.8) is 0 Å². The van der Waals surface area contributed by atoms with E-state index < -0.39 is 0 Å². The van der Waals surface area contributed by atoms with Gasteiger partial charge in [0.2, 0.25) is 0 Å². The molecule has 2 heterocycles. The van der Waals surface area contributed by atoms with Gasteiger partial charge in [0.25, 0.3) is 0 Å². The van der Waals surface area contributed by atoms with E-state index in [1.165, 1.54) is 12.1 Å². The second-order valence-corrected chi connectivity index (χ2v) is 5.77. The fourth-order valence-electron chi connectivity index (χ4n) is 2.85. The zero-order valence-electron chi connectivity index (χ0n) is 13.7. The molecule has 0 bridgehead atoms. The molecule has 4 nitrogen and oxygen atoms in total. The average Bonchev–Trinajstić information content (AvgIpc) is 3.07. The highest BCUT2D eigenvalue weighted by Crippen LogP contribution is 2.30. The van der Waals surface area contributed by atoms with E-state index in [0.717, 1.165) is 39.4 Å². The second-order valence-electron chi connectivity index (χ2n) is 5.77. The normalized spacial score (nSPS) is 10.8. The van der Waals surface area contributed by atoms with E-state index in [2.05, 4.69) is 20.6 Å². The summed E-state index contributed by atoms with van der Waals surface area (Å²) in [6, 6.07) is 18.4. The van der Waals surface area contributed by atoms with E-state index in [-0.39, 0.29) is 5.82 Å². The molecule has 0 aliphatic carbocycles. The maximum Gasteiger partial charge on any atom is 0.139 e. The van der Waals surface area contributed by atoms with Crippen molar-refractivity contribution in [2.45, 2.75) is 0 Å². The molecular formula is C20H17FN4. The van der Waals surface area contributed by atoms with Crippen LogP contribution in [-0.2, 0) is 0 Å². The highest BCUT2D eigenvalue weighted by atomic mass is 19.1. The first kappa shape index (κ1) is 15.2. The number of benzene rings is 2. The molecule has 0 amide bonds. The number of aromatic amines is 1. The van der Waals surface area contributed by atoms with Crippen molar-refractivity contribution < 1.29 is 4.39 Å². The van der Waals surface area contributed by atoms with Crippen LogP contribution in [0.3, 0.4) is 0 Å². The molecule has 4 rings (SSSR count). The highest BCUT2D eigenvalue weighted by molar-refractivity contribution is 5.95. The molecule has 2 aromatic carbocycles. The Kier molecular flexibility index (Phi) is 3.82. The number of rotatable bonds is 4. The van der Waals surface area contributed by atoms with Gasteiger partial charge in [-0.05, 0) is 42.5 Å². The number of halogens is 1. The summed E-state index contributed by atoms with van der Waals surface area (Å²) in [4.78, 5) is 7.79. The minimum atomic E-state index is -0.253. The van der Waals surface area contributed by atoms with Crippen molar-refractivity contribution in [3.8, 4) is 11.3 Å². The zero-order chi connectivity index (χ0) is 17.2. The highest BCUT2D eigenvalue weighted by Gasteiger charge is 2.09. The van der Waals surface area contributed by atoms with Crippen LogP contribution < -0.4 is 10.6 Å². The number of pyridine rings is 1. The molecule has 2 aromatic heterocycles. The second kappa shape index (κ2) is 6.28. The molecule has 124 valence electrons. The maximum absolute atomic E-state index is 13.5. The topological polar surface area (TPSA) is 52.7 Å². The molecule has 0 aliphatic heterocycles. The van der Waals surface area contributed by atoms with Crippen LogP contribution in [0.5, 0.6) is 0 Å². The monoisotopic (exact) mass is 332 g/mol. The lowest BCUT2D eigenvalue weighted by Gasteiger charge is -2.08. The molecule has 0 atom stereocenters. The quantitative estimate of drug-likeness (QED) is 0.484. The number of hydrogen-bond donors (Lipinski definition) is 3. The number of aromatic nitrogens is 2. The number of H-pyrrole nitrogens is 1. The Balaban J connectivity index is 1.75. The van der Waals surface area contributed by atoms with Crippen LogP contribution in [0, 0.1) is 5.82 Å². The van der Waals surface area contributed by atoms with Gasteiger partial charge in [-0.2, -0.15) is 0 Å². The van der Waals surface area contributed by atoms with E-state index in [1.54, 1.807) is 12.3 Å². The Morgan fingerprint density at radius 2 is 1.80 bits per heavy atom. The molecule has 25 heavy (non-hydrogen) atoms. The van der Waals surface area contributed by atoms with Gasteiger partial charge in [0.05, 0.1) is 5.52 Å². The molecule has 0 saturated carbocycles. The lowest BCUT2D eigenvalue weighted by Crippen LogP contribution is -1.95. The predicted octanol–water partition coefficient (Wildman–Crippen LogP) is 5.15. The zero-order valence-corrected chi connectivity index (χ0v) is 13.7. The van der Waals surface area contributed by atoms with E-state index in [4.69, 9.17) is 0 Å². The molecule has 0 saturated heterocycles. The SMILES string of the molecule is CNc1cccc(Nc2nccc3[nH]c(-c4cccc(F)c4)cc23)c1. The van der Waals surface area contributed by atoms with Gasteiger partial charge in [-0.15, -0.1) is 0 Å². The van der Waals surface area contributed by atoms with Crippen LogP contribution in [0.4, 0.5) is 21.6 Å². The molecule has 0 unspecified atom stereocenters. The third-order valence-corrected chi connectivity index (χ3v) is 4.10. The van der Waals surface area contributed by atoms with Gasteiger partial charge in [-0.25, -0.2) is 9.37 Å². The molecule has 0 fully saturated rings. The van der Waals surface area contributed by atoms with Crippen molar-refractivity contribution in [2.75, 3.05) is 17.7 Å². The Labute approximate surface area is 144 Å². The summed E-state index contributed by atoms with van der Waals surface area (Å²) in [6.45, 7) is 0. The van der Waals surface area contributed by atoms with Gasteiger partial charge in [0.1, 0.15) is 11.6 Å². The smallest absolute Gasteiger partial charge is 0.139 e. The first-order valence-corrected chi connectivity index (χ1v) is 8.01. The maximum atomic E-state index is 13.5. The van der Waals surface area contributed by atoms with Crippen molar-refractivity contribution in [2.24, 2.45) is 0 Å². The molecule has 4 aromatic rings. The number of nitrogens with zero attached hydrogens (tertiary/aromatic N) is 1. The van der Waals surface area contributed by atoms with E-state index in [0.29, 0.717) is 0 Å². The predicted molar refractivity (Wildman–Crippen MR) is 101 cm³/mol. The van der Waals surface area contributed by atoms with Crippen molar-refractivity contribution in [3.05, 3.63) is 72.7 Å². The first-order valence-electron chi connectivity index (χ1n) is 8.01. The largest absolute Gasteiger partial charge is 0.388 e. The summed E-state index contributed by atoms with van der Waals surface area (Å²) in [7, 11) is 1.88. The van der Waals surface area contributed by atoms with Crippen LogP contribution >= 0.6 is 0 Å². The van der Waals surface area contributed by atoms with Gasteiger partial charge in [-0.1, -0.05) is 18.2 Å². The van der Waals surface area contributed by atoms with E-state index in [1.807, 2.05) is 49.5 Å². The Morgan fingerprint density at radius 1 is 0.960 bits per heavy atom. The van der Waals surface area contributed by atoms with Crippen molar-refractivity contribution in [1.82, 2.24) is 9.97 Å².